The summed E-state index contributed by atoms with van der Waals surface area (Å²) in [5.74, 6) is 0.989. The third kappa shape index (κ3) is 3.29. The minimum Gasteiger partial charge on any atom is -0.497 e. The molecule has 2 aromatic carbocycles. The summed E-state index contributed by atoms with van der Waals surface area (Å²) in [6, 6.07) is 17.9. The number of guanidine groups is 1. The first-order valence-electron chi connectivity index (χ1n) is 8.58. The molecule has 0 saturated carbocycles. The summed E-state index contributed by atoms with van der Waals surface area (Å²) >= 11 is 0. The van der Waals surface area contributed by atoms with Gasteiger partial charge < -0.3 is 10.1 Å². The van der Waals surface area contributed by atoms with Gasteiger partial charge in [0.25, 0.3) is 10.0 Å². The topological polar surface area (TPSA) is 83.9 Å². The van der Waals surface area contributed by atoms with E-state index in [0.29, 0.717) is 17.9 Å². The number of aliphatic imine (C=N–C) groups is 1. The lowest BCUT2D eigenvalue weighted by Crippen LogP contribution is -2.45. The first kappa shape index (κ1) is 18.0. The molecule has 0 saturated heterocycles. The molecule has 0 unspecified atom stereocenters. The number of para-hydroxylation sites is 1. The summed E-state index contributed by atoms with van der Waals surface area (Å²) in [5, 5.41) is 3.13. The number of aromatic nitrogens is 1. The molecule has 0 spiro atoms. The molecule has 0 amide bonds. The Morgan fingerprint density at radius 2 is 1.82 bits per heavy atom. The van der Waals surface area contributed by atoms with E-state index in [4.69, 9.17) is 4.74 Å². The summed E-state index contributed by atoms with van der Waals surface area (Å²) in [6.07, 6.45) is 2.88. The van der Waals surface area contributed by atoms with Gasteiger partial charge in [0, 0.05) is 12.4 Å². The summed E-state index contributed by atoms with van der Waals surface area (Å²) in [6.45, 7) is 0.311. The van der Waals surface area contributed by atoms with Crippen LogP contribution in [0.2, 0.25) is 0 Å². The standard InChI is InChI=1S/C20H18N4O3S/c1-27-17-9-7-15(8-10-17)13-22-20-23-18-11-12-21-14-19(18)28(25,26)24(20)16-5-3-2-4-6-16/h2-12,14H,13H2,1H3,(H,22,23). The molecule has 0 radical (unpaired) electrons. The Morgan fingerprint density at radius 1 is 1.07 bits per heavy atom. The zero-order valence-electron chi connectivity index (χ0n) is 15.1. The number of fused-ring (bicyclic) bond motifs is 1. The van der Waals surface area contributed by atoms with E-state index in [9.17, 15) is 8.42 Å². The first-order valence-corrected chi connectivity index (χ1v) is 10.0. The van der Waals surface area contributed by atoms with E-state index in [0.717, 1.165) is 11.3 Å². The van der Waals surface area contributed by atoms with E-state index < -0.39 is 10.0 Å². The van der Waals surface area contributed by atoms with E-state index in [1.807, 2.05) is 30.3 Å². The smallest absolute Gasteiger partial charge is 0.274 e. The largest absolute Gasteiger partial charge is 0.497 e. The van der Waals surface area contributed by atoms with Gasteiger partial charge in [-0.1, -0.05) is 30.3 Å². The Bertz CT molecular complexity index is 1110. The first-order chi connectivity index (χ1) is 13.6. The predicted molar refractivity (Wildman–Crippen MR) is 108 cm³/mol. The fourth-order valence-electron chi connectivity index (χ4n) is 2.90. The fourth-order valence-corrected chi connectivity index (χ4v) is 4.42. The van der Waals surface area contributed by atoms with Crippen LogP contribution in [0.5, 0.6) is 5.75 Å². The number of hydrogen-bond donors (Lipinski definition) is 1. The predicted octanol–water partition coefficient (Wildman–Crippen LogP) is 3.27. The minimum absolute atomic E-state index is 0.113. The van der Waals surface area contributed by atoms with Gasteiger partial charge in [0.1, 0.15) is 10.6 Å². The van der Waals surface area contributed by atoms with Crippen molar-refractivity contribution in [1.82, 2.24) is 4.98 Å². The van der Waals surface area contributed by atoms with Crippen molar-refractivity contribution in [3.8, 4) is 5.75 Å². The number of ether oxygens (including phenoxy) is 1. The zero-order chi connectivity index (χ0) is 19.6. The molecule has 4 rings (SSSR count). The van der Waals surface area contributed by atoms with Crippen LogP contribution in [0, 0.1) is 0 Å². The molecule has 28 heavy (non-hydrogen) atoms. The van der Waals surface area contributed by atoms with Gasteiger partial charge in [0.2, 0.25) is 5.96 Å². The van der Waals surface area contributed by atoms with Crippen LogP contribution in [0.4, 0.5) is 11.4 Å². The number of sulfonamides is 1. The maximum atomic E-state index is 13.3. The normalized spacial score (nSPS) is 16.3. The molecule has 3 aromatic rings. The van der Waals surface area contributed by atoms with Crippen molar-refractivity contribution in [2.45, 2.75) is 11.4 Å². The molecule has 2 heterocycles. The molecule has 8 heteroatoms. The van der Waals surface area contributed by atoms with Crippen molar-refractivity contribution in [2.75, 3.05) is 16.7 Å². The van der Waals surface area contributed by atoms with Crippen LogP contribution < -0.4 is 14.4 Å². The summed E-state index contributed by atoms with van der Waals surface area (Å²) < 4.78 is 32.9. The van der Waals surface area contributed by atoms with Gasteiger partial charge in [-0.2, -0.15) is 0 Å². The molecule has 142 valence electrons. The number of anilines is 2. The number of hydrogen-bond acceptors (Lipinski definition) is 5. The lowest BCUT2D eigenvalue weighted by Gasteiger charge is -2.31. The molecule has 7 nitrogen and oxygen atoms in total. The van der Waals surface area contributed by atoms with Crippen LogP contribution in [0.25, 0.3) is 0 Å². The van der Waals surface area contributed by atoms with Gasteiger partial charge in [0.15, 0.2) is 0 Å². The Morgan fingerprint density at radius 3 is 2.54 bits per heavy atom. The van der Waals surface area contributed by atoms with Crippen LogP contribution in [-0.4, -0.2) is 26.5 Å². The van der Waals surface area contributed by atoms with Crippen molar-refractivity contribution in [2.24, 2.45) is 4.99 Å². The van der Waals surface area contributed by atoms with E-state index >= 15 is 0 Å². The Balaban J connectivity index is 1.77. The highest BCUT2D eigenvalue weighted by molar-refractivity contribution is 7.94. The van der Waals surface area contributed by atoms with Gasteiger partial charge in [-0.05, 0) is 35.9 Å². The molecule has 1 aromatic heterocycles. The number of pyridine rings is 1. The zero-order valence-corrected chi connectivity index (χ0v) is 15.9. The Labute approximate surface area is 163 Å². The van der Waals surface area contributed by atoms with Gasteiger partial charge in [-0.25, -0.2) is 17.7 Å². The lowest BCUT2D eigenvalue weighted by atomic mass is 10.2. The molecule has 1 aliphatic heterocycles. The van der Waals surface area contributed by atoms with Crippen LogP contribution in [-0.2, 0) is 16.6 Å². The Hall–Kier alpha value is -3.39. The van der Waals surface area contributed by atoms with Crippen molar-refractivity contribution in [1.29, 1.82) is 0 Å². The minimum atomic E-state index is -3.84. The number of benzene rings is 2. The third-order valence-corrected chi connectivity index (χ3v) is 6.05. The highest BCUT2D eigenvalue weighted by Crippen LogP contribution is 2.32. The second-order valence-corrected chi connectivity index (χ2v) is 7.84. The quantitative estimate of drug-likeness (QED) is 0.734. The number of nitrogens with one attached hydrogen (secondary N) is 1. The summed E-state index contributed by atoms with van der Waals surface area (Å²) in [5.41, 5.74) is 1.88. The van der Waals surface area contributed by atoms with E-state index in [2.05, 4.69) is 15.3 Å². The SMILES string of the molecule is COc1ccc(CN=C2Nc3ccncc3S(=O)(=O)N2c2ccccc2)cc1. The van der Waals surface area contributed by atoms with Gasteiger partial charge in [-0.3, -0.25) is 4.98 Å². The van der Waals surface area contributed by atoms with Gasteiger partial charge in [0.05, 0.1) is 25.0 Å². The van der Waals surface area contributed by atoms with Crippen LogP contribution in [0.3, 0.4) is 0 Å². The molecular weight excluding hydrogens is 376 g/mol. The van der Waals surface area contributed by atoms with E-state index in [-0.39, 0.29) is 10.9 Å². The number of methoxy groups -OCH3 is 1. The second kappa shape index (κ2) is 7.32. The second-order valence-electron chi connectivity index (χ2n) is 6.09. The van der Waals surface area contributed by atoms with E-state index in [1.54, 1.807) is 43.6 Å². The average molecular weight is 394 g/mol. The van der Waals surface area contributed by atoms with Crippen molar-refractivity contribution >= 4 is 27.4 Å². The Kier molecular flexibility index (Phi) is 4.70. The fraction of sp³-hybridized carbons (Fsp3) is 0.100. The molecule has 1 aliphatic rings. The van der Waals surface area contributed by atoms with E-state index in [1.165, 1.54) is 10.5 Å². The molecule has 0 fully saturated rings. The monoisotopic (exact) mass is 394 g/mol. The van der Waals surface area contributed by atoms with Gasteiger partial charge >= 0.3 is 0 Å². The summed E-state index contributed by atoms with van der Waals surface area (Å²) in [4.78, 5) is 8.62. The number of rotatable bonds is 4. The van der Waals surface area contributed by atoms with Crippen LogP contribution in [0.1, 0.15) is 5.56 Å². The highest BCUT2D eigenvalue weighted by Gasteiger charge is 2.36. The lowest BCUT2D eigenvalue weighted by molar-refractivity contribution is 0.414. The molecule has 0 bridgehead atoms. The van der Waals surface area contributed by atoms with Crippen molar-refractivity contribution < 1.29 is 13.2 Å². The molecule has 1 N–H and O–H groups in total. The average Bonchev–Trinajstić information content (AvgIpc) is 2.73. The third-order valence-electron chi connectivity index (χ3n) is 4.30. The molecule has 0 aliphatic carbocycles. The van der Waals surface area contributed by atoms with Crippen molar-refractivity contribution in [3.05, 3.63) is 78.6 Å². The highest BCUT2D eigenvalue weighted by atomic mass is 32.2. The van der Waals surface area contributed by atoms with Crippen LogP contribution in [0.15, 0.2) is 82.9 Å². The number of nitrogens with zero attached hydrogens (tertiary/aromatic N) is 3. The van der Waals surface area contributed by atoms with Crippen molar-refractivity contribution in [3.63, 3.8) is 0 Å². The summed E-state index contributed by atoms with van der Waals surface area (Å²) in [7, 11) is -2.24. The van der Waals surface area contributed by atoms with Crippen LogP contribution >= 0.6 is 0 Å². The maximum Gasteiger partial charge on any atom is 0.274 e. The molecule has 0 atom stereocenters. The maximum absolute atomic E-state index is 13.3. The van der Waals surface area contributed by atoms with Gasteiger partial charge in [-0.15, -0.1) is 0 Å². The molecular formula is C20H18N4O3S.